The molecule has 5 atom stereocenters. The molecule has 1 aromatic heterocycles. The molecule has 0 bridgehead atoms. The first-order chi connectivity index (χ1) is 24.8. The number of aromatic hydroxyl groups is 1. The van der Waals surface area contributed by atoms with E-state index in [0.29, 0.717) is 17.3 Å². The summed E-state index contributed by atoms with van der Waals surface area (Å²) in [4.78, 5) is 24.9. The van der Waals surface area contributed by atoms with Gasteiger partial charge in [-0.15, -0.1) is 5.10 Å². The molecule has 0 aliphatic carbocycles. The van der Waals surface area contributed by atoms with Crippen LogP contribution in [0.3, 0.4) is 0 Å². The van der Waals surface area contributed by atoms with Crippen LogP contribution < -0.4 is 10.6 Å². The second-order valence-corrected chi connectivity index (χ2v) is 13.4. The zero-order valence-corrected chi connectivity index (χ0v) is 29.1. The number of tetrazole rings is 1. The number of ether oxygens (including phenoxy) is 2. The van der Waals surface area contributed by atoms with Crippen LogP contribution in [0.2, 0.25) is 0 Å². The average molecular weight is 709 g/mol. The van der Waals surface area contributed by atoms with Crippen LogP contribution in [0.15, 0.2) is 108 Å². The van der Waals surface area contributed by atoms with Gasteiger partial charge in [-0.05, 0) is 70.3 Å². The Morgan fingerprint density at radius 3 is 2.25 bits per heavy atom. The summed E-state index contributed by atoms with van der Waals surface area (Å²) in [6.07, 6.45) is -0.816. The van der Waals surface area contributed by atoms with Crippen molar-refractivity contribution in [2.75, 3.05) is 5.75 Å². The molecule has 2 amide bonds. The molecule has 51 heavy (non-hydrogen) atoms. The molecule has 0 spiro atoms. The lowest BCUT2D eigenvalue weighted by atomic mass is 9.91. The van der Waals surface area contributed by atoms with Crippen molar-refractivity contribution in [2.24, 2.45) is 5.92 Å². The largest absolute Gasteiger partial charge is 0.508 e. The lowest BCUT2D eigenvalue weighted by Gasteiger charge is -2.41. The van der Waals surface area contributed by atoms with Gasteiger partial charge in [0.15, 0.2) is 12.1 Å². The fourth-order valence-electron chi connectivity index (χ4n) is 5.82. The monoisotopic (exact) mass is 708 g/mol. The molecule has 13 heteroatoms. The number of carbonyl (C=O) groups is 2. The summed E-state index contributed by atoms with van der Waals surface area (Å²) in [5.74, 6) is 0.527. The predicted molar refractivity (Wildman–Crippen MR) is 191 cm³/mol. The Kier molecular flexibility index (Phi) is 11.7. The standard InChI is InChI=1S/C38H40N6O6S/c1-24-34(23-51-38-41-42-43-44(38)31-16-18-32(47)19-17-31)49-36(50-35(24)29-12-10-28(22-45)11-13-29)30-14-8-27(9-15-30)21-39-37(48)40-33(25(2)46)20-26-6-4-3-5-7-26/h3-19,24,33-36,45,47H,20-23H2,1-2H3,(H2,39,40,48)/t24-,33+,34+,35+,36?/m0/s1. The number of thioether (sulfide) groups is 1. The summed E-state index contributed by atoms with van der Waals surface area (Å²) in [6, 6.07) is 30.6. The van der Waals surface area contributed by atoms with Crippen LogP contribution in [0.5, 0.6) is 5.75 Å². The van der Waals surface area contributed by atoms with E-state index in [1.165, 1.54) is 18.7 Å². The minimum atomic E-state index is -0.679. The maximum Gasteiger partial charge on any atom is 0.315 e. The smallest absolute Gasteiger partial charge is 0.315 e. The van der Waals surface area contributed by atoms with Crippen LogP contribution in [-0.4, -0.2) is 60.1 Å². The number of phenols is 1. The fraction of sp³-hybridized carbons (Fsp3) is 0.289. The number of aliphatic hydroxyl groups excluding tert-OH is 1. The molecule has 1 saturated heterocycles. The van der Waals surface area contributed by atoms with Crippen molar-refractivity contribution in [2.45, 2.75) is 63.1 Å². The summed E-state index contributed by atoms with van der Waals surface area (Å²) in [6.45, 7) is 3.78. The molecule has 12 nitrogen and oxygen atoms in total. The number of aromatic nitrogens is 4. The van der Waals surface area contributed by atoms with Crippen molar-refractivity contribution >= 4 is 23.6 Å². The number of benzene rings is 4. The molecule has 4 N–H and O–H groups in total. The van der Waals surface area contributed by atoms with Gasteiger partial charge in [-0.1, -0.05) is 97.5 Å². The molecule has 1 fully saturated rings. The van der Waals surface area contributed by atoms with Gasteiger partial charge in [0.2, 0.25) is 5.16 Å². The molecule has 0 radical (unpaired) electrons. The molecule has 264 valence electrons. The molecule has 6 rings (SSSR count). The number of nitrogens with zero attached hydrogens (tertiary/aromatic N) is 4. The Morgan fingerprint density at radius 2 is 1.57 bits per heavy atom. The van der Waals surface area contributed by atoms with E-state index in [4.69, 9.17) is 9.47 Å². The quantitative estimate of drug-likeness (QED) is 0.116. The first-order valence-corrected chi connectivity index (χ1v) is 17.6. The molecular weight excluding hydrogens is 669 g/mol. The summed E-state index contributed by atoms with van der Waals surface area (Å²) in [5, 5.41) is 37.7. The highest BCUT2D eigenvalue weighted by Gasteiger charge is 2.38. The highest BCUT2D eigenvalue weighted by molar-refractivity contribution is 7.99. The van der Waals surface area contributed by atoms with Crippen molar-refractivity contribution < 1.29 is 29.3 Å². The topological polar surface area (TPSA) is 161 Å². The van der Waals surface area contributed by atoms with Gasteiger partial charge >= 0.3 is 6.03 Å². The van der Waals surface area contributed by atoms with Gasteiger partial charge in [-0.3, -0.25) is 4.79 Å². The first-order valence-electron chi connectivity index (χ1n) is 16.7. The molecule has 0 saturated carbocycles. The Bertz CT molecular complexity index is 1890. The van der Waals surface area contributed by atoms with Crippen molar-refractivity contribution in [3.05, 3.63) is 131 Å². The minimum absolute atomic E-state index is 0.0457. The predicted octanol–water partition coefficient (Wildman–Crippen LogP) is 5.44. The van der Waals surface area contributed by atoms with E-state index in [0.717, 1.165) is 33.5 Å². The van der Waals surface area contributed by atoms with E-state index >= 15 is 0 Å². The maximum absolute atomic E-state index is 12.7. The van der Waals surface area contributed by atoms with Gasteiger partial charge in [-0.25, -0.2) is 4.79 Å². The molecule has 1 unspecified atom stereocenters. The Balaban J connectivity index is 1.13. The van der Waals surface area contributed by atoms with Gasteiger partial charge in [-0.2, -0.15) is 4.68 Å². The Labute approximate surface area is 300 Å². The highest BCUT2D eigenvalue weighted by Crippen LogP contribution is 2.43. The van der Waals surface area contributed by atoms with Gasteiger partial charge in [0.05, 0.1) is 30.5 Å². The number of ketones is 1. The number of carbonyl (C=O) groups excluding carboxylic acids is 2. The number of amides is 2. The maximum atomic E-state index is 12.7. The van der Waals surface area contributed by atoms with E-state index in [-0.39, 0.29) is 42.8 Å². The Morgan fingerprint density at radius 1 is 0.882 bits per heavy atom. The third kappa shape index (κ3) is 9.18. The average Bonchev–Trinajstić information content (AvgIpc) is 3.63. The summed E-state index contributed by atoms with van der Waals surface area (Å²) in [7, 11) is 0. The summed E-state index contributed by atoms with van der Waals surface area (Å²) in [5.41, 5.74) is 5.16. The minimum Gasteiger partial charge on any atom is -0.508 e. The van der Waals surface area contributed by atoms with Crippen LogP contribution in [0, 0.1) is 5.92 Å². The SMILES string of the molecule is CC(=O)[C@@H](Cc1ccccc1)NC(=O)NCc1ccc(C2O[C@H](CSc3nnnn3-c3ccc(O)cc3)[C@H](C)[C@H](c3ccc(CO)cc3)O2)cc1. The number of rotatable bonds is 13. The second-order valence-electron chi connectivity index (χ2n) is 12.4. The van der Waals surface area contributed by atoms with Crippen LogP contribution in [-0.2, 0) is 33.8 Å². The number of nitrogens with one attached hydrogen (secondary N) is 2. The van der Waals surface area contributed by atoms with E-state index in [2.05, 4.69) is 33.1 Å². The molecule has 1 aliphatic heterocycles. The van der Waals surface area contributed by atoms with Gasteiger partial charge in [0, 0.05) is 23.8 Å². The molecule has 2 heterocycles. The highest BCUT2D eigenvalue weighted by atomic mass is 32.2. The summed E-state index contributed by atoms with van der Waals surface area (Å²) < 4.78 is 14.8. The van der Waals surface area contributed by atoms with Crippen molar-refractivity contribution in [1.82, 2.24) is 30.8 Å². The lowest BCUT2D eigenvalue weighted by Crippen LogP contribution is -2.46. The number of aliphatic hydroxyl groups is 1. The first kappa shape index (κ1) is 35.7. The number of Topliss-reactive ketones (excluding diaryl/α,β-unsaturated/α-hetero) is 1. The normalized spacial score (nSPS) is 19.3. The molecular formula is C38H40N6O6S. The van der Waals surface area contributed by atoms with Crippen molar-refractivity contribution in [3.63, 3.8) is 0 Å². The lowest BCUT2D eigenvalue weighted by molar-refractivity contribution is -0.268. The van der Waals surface area contributed by atoms with Crippen LogP contribution >= 0.6 is 11.8 Å². The number of hydrogen-bond acceptors (Lipinski definition) is 10. The second kappa shape index (κ2) is 16.8. The van der Waals surface area contributed by atoms with E-state index in [1.807, 2.05) is 78.9 Å². The molecule has 4 aromatic carbocycles. The van der Waals surface area contributed by atoms with E-state index in [1.54, 1.807) is 28.9 Å². The zero-order valence-electron chi connectivity index (χ0n) is 28.3. The fourth-order valence-corrected chi connectivity index (χ4v) is 6.88. The third-order valence-electron chi connectivity index (χ3n) is 8.82. The van der Waals surface area contributed by atoms with Crippen LogP contribution in [0.4, 0.5) is 4.79 Å². The number of urea groups is 1. The van der Waals surface area contributed by atoms with Gasteiger partial charge in [0.25, 0.3) is 0 Å². The van der Waals surface area contributed by atoms with Gasteiger partial charge < -0.3 is 30.3 Å². The zero-order chi connectivity index (χ0) is 35.7. The number of hydrogen-bond donors (Lipinski definition) is 4. The summed E-state index contributed by atoms with van der Waals surface area (Å²) >= 11 is 1.46. The number of phenolic OH excluding ortho intramolecular Hbond substituents is 1. The van der Waals surface area contributed by atoms with Gasteiger partial charge in [0.1, 0.15) is 5.75 Å². The van der Waals surface area contributed by atoms with E-state index in [9.17, 15) is 19.8 Å². The third-order valence-corrected chi connectivity index (χ3v) is 9.83. The van der Waals surface area contributed by atoms with Crippen LogP contribution in [0.25, 0.3) is 5.69 Å². The van der Waals surface area contributed by atoms with E-state index < -0.39 is 18.4 Å². The van der Waals surface area contributed by atoms with Crippen molar-refractivity contribution in [3.8, 4) is 11.4 Å². The molecule has 1 aliphatic rings. The Hall–Kier alpha value is -5.08. The van der Waals surface area contributed by atoms with Crippen molar-refractivity contribution in [1.29, 1.82) is 0 Å². The molecule has 5 aromatic rings. The van der Waals surface area contributed by atoms with Crippen LogP contribution in [0.1, 0.15) is 54.1 Å².